The van der Waals surface area contributed by atoms with Gasteiger partial charge in [-0.15, -0.1) is 0 Å². The Morgan fingerprint density at radius 2 is 2.15 bits per heavy atom. The van der Waals surface area contributed by atoms with Gasteiger partial charge in [-0.1, -0.05) is 12.1 Å². The molecule has 5 nitrogen and oxygen atoms in total. The maximum Gasteiger partial charge on any atom is 0.324 e. The van der Waals surface area contributed by atoms with E-state index >= 15 is 0 Å². The van der Waals surface area contributed by atoms with Crippen molar-refractivity contribution in [2.24, 2.45) is 0 Å². The third-order valence-electron chi connectivity index (χ3n) is 3.19. The molecule has 0 aromatic heterocycles. The predicted molar refractivity (Wildman–Crippen MR) is 77.7 cm³/mol. The molecule has 1 heterocycles. The Labute approximate surface area is 127 Å². The minimum atomic E-state index is -3.70. The van der Waals surface area contributed by atoms with E-state index in [0.717, 1.165) is 0 Å². The van der Waals surface area contributed by atoms with Crippen LogP contribution < -0.4 is 0 Å². The van der Waals surface area contributed by atoms with E-state index in [1.54, 1.807) is 25.1 Å². The van der Waals surface area contributed by atoms with Gasteiger partial charge in [0.15, 0.2) is 0 Å². The van der Waals surface area contributed by atoms with Crippen molar-refractivity contribution in [2.75, 3.05) is 13.2 Å². The highest BCUT2D eigenvalue weighted by atomic mass is 79.9. The van der Waals surface area contributed by atoms with Crippen molar-refractivity contribution >= 4 is 31.9 Å². The number of hydrogen-bond donors (Lipinski definition) is 0. The molecule has 1 aliphatic rings. The zero-order valence-electron chi connectivity index (χ0n) is 11.1. The third-order valence-corrected chi connectivity index (χ3v) is 6.11. The van der Waals surface area contributed by atoms with Crippen LogP contribution in [0.1, 0.15) is 19.8 Å². The minimum absolute atomic E-state index is 0.177. The molecule has 1 aromatic carbocycles. The second-order valence-electron chi connectivity index (χ2n) is 4.46. The van der Waals surface area contributed by atoms with Gasteiger partial charge in [0.1, 0.15) is 6.04 Å². The lowest BCUT2D eigenvalue weighted by Crippen LogP contribution is -2.41. The van der Waals surface area contributed by atoms with E-state index in [9.17, 15) is 13.2 Å². The summed E-state index contributed by atoms with van der Waals surface area (Å²) in [5.74, 6) is -0.472. The lowest BCUT2D eigenvalue weighted by Gasteiger charge is -2.23. The monoisotopic (exact) mass is 361 g/mol. The fraction of sp³-hybridized carbons (Fsp3) is 0.462. The minimum Gasteiger partial charge on any atom is -0.465 e. The number of carbonyl (C=O) groups is 1. The van der Waals surface area contributed by atoms with E-state index in [-0.39, 0.29) is 11.5 Å². The van der Waals surface area contributed by atoms with E-state index in [4.69, 9.17) is 4.74 Å². The largest absolute Gasteiger partial charge is 0.465 e. The normalized spacial score (nSPS) is 20.0. The first kappa shape index (κ1) is 15.5. The molecule has 20 heavy (non-hydrogen) atoms. The number of ether oxygens (including phenoxy) is 1. The first-order chi connectivity index (χ1) is 9.48. The number of benzene rings is 1. The highest BCUT2D eigenvalue weighted by molar-refractivity contribution is 9.10. The molecule has 1 saturated heterocycles. The predicted octanol–water partition coefficient (Wildman–Crippen LogP) is 2.17. The van der Waals surface area contributed by atoms with Gasteiger partial charge in [0.2, 0.25) is 10.0 Å². The molecule has 0 amide bonds. The van der Waals surface area contributed by atoms with Crippen LogP contribution in [0.15, 0.2) is 33.6 Å². The fourth-order valence-corrected chi connectivity index (χ4v) is 4.89. The first-order valence-electron chi connectivity index (χ1n) is 6.41. The summed E-state index contributed by atoms with van der Waals surface area (Å²) >= 11 is 3.24. The molecule has 1 unspecified atom stereocenters. The van der Waals surface area contributed by atoms with Crippen LogP contribution in [-0.4, -0.2) is 37.9 Å². The van der Waals surface area contributed by atoms with Gasteiger partial charge in [0, 0.05) is 11.0 Å². The van der Waals surface area contributed by atoms with Gasteiger partial charge in [0.05, 0.1) is 11.5 Å². The van der Waals surface area contributed by atoms with Crippen molar-refractivity contribution < 1.29 is 17.9 Å². The summed E-state index contributed by atoms with van der Waals surface area (Å²) in [4.78, 5) is 12.1. The molecule has 0 spiro atoms. The lowest BCUT2D eigenvalue weighted by molar-refractivity contribution is -0.146. The Bertz CT molecular complexity index is 602. The van der Waals surface area contributed by atoms with Crippen LogP contribution in [0, 0.1) is 0 Å². The first-order valence-corrected chi connectivity index (χ1v) is 8.64. The summed E-state index contributed by atoms with van der Waals surface area (Å²) in [6, 6.07) is 5.89. The van der Waals surface area contributed by atoms with Gasteiger partial charge in [-0.25, -0.2) is 8.42 Å². The SMILES string of the molecule is CCOC(=O)C1CCCN1S(=O)(=O)c1ccccc1Br. The second-order valence-corrected chi connectivity index (χ2v) is 7.17. The van der Waals surface area contributed by atoms with Crippen LogP contribution in [-0.2, 0) is 19.6 Å². The second kappa shape index (κ2) is 6.24. The van der Waals surface area contributed by atoms with Crippen LogP contribution in [0.3, 0.4) is 0 Å². The smallest absolute Gasteiger partial charge is 0.324 e. The van der Waals surface area contributed by atoms with Gasteiger partial charge in [-0.2, -0.15) is 4.31 Å². The number of halogens is 1. The van der Waals surface area contributed by atoms with Gasteiger partial charge >= 0.3 is 5.97 Å². The average Bonchev–Trinajstić information content (AvgIpc) is 2.89. The van der Waals surface area contributed by atoms with Crippen molar-refractivity contribution in [3.8, 4) is 0 Å². The molecule has 1 aliphatic heterocycles. The van der Waals surface area contributed by atoms with Crippen LogP contribution in [0.5, 0.6) is 0 Å². The summed E-state index contributed by atoms with van der Waals surface area (Å²) in [5, 5.41) is 0. The summed E-state index contributed by atoms with van der Waals surface area (Å²) in [5.41, 5.74) is 0. The van der Waals surface area contributed by atoms with Crippen molar-refractivity contribution in [3.05, 3.63) is 28.7 Å². The van der Waals surface area contributed by atoms with Crippen LogP contribution in [0.4, 0.5) is 0 Å². The molecule has 0 N–H and O–H groups in total. The molecule has 0 radical (unpaired) electrons. The number of rotatable bonds is 4. The summed E-state index contributed by atoms with van der Waals surface area (Å²) in [6.45, 7) is 2.30. The summed E-state index contributed by atoms with van der Waals surface area (Å²) in [7, 11) is -3.70. The van der Waals surface area contributed by atoms with Gasteiger partial charge < -0.3 is 4.74 Å². The molecular weight excluding hydrogens is 346 g/mol. The summed E-state index contributed by atoms with van der Waals surface area (Å²) < 4.78 is 32.0. The van der Waals surface area contributed by atoms with Crippen LogP contribution in [0.25, 0.3) is 0 Å². The molecule has 2 rings (SSSR count). The van der Waals surface area contributed by atoms with E-state index in [0.29, 0.717) is 23.9 Å². The molecular formula is C13H16BrNO4S. The Morgan fingerprint density at radius 1 is 1.45 bits per heavy atom. The molecule has 0 saturated carbocycles. The van der Waals surface area contributed by atoms with E-state index in [1.165, 1.54) is 10.4 Å². The fourth-order valence-electron chi connectivity index (χ4n) is 2.28. The molecule has 0 bridgehead atoms. The topological polar surface area (TPSA) is 63.7 Å². The summed E-state index contributed by atoms with van der Waals surface area (Å²) in [6.07, 6.45) is 1.16. The van der Waals surface area contributed by atoms with Crippen molar-refractivity contribution in [1.29, 1.82) is 0 Å². The molecule has 1 aromatic rings. The van der Waals surface area contributed by atoms with Gasteiger partial charge in [-0.3, -0.25) is 4.79 Å². The maximum atomic E-state index is 12.7. The molecule has 1 atom stereocenters. The van der Waals surface area contributed by atoms with Gasteiger partial charge in [0.25, 0.3) is 0 Å². The Balaban J connectivity index is 2.34. The molecule has 1 fully saturated rings. The van der Waals surface area contributed by atoms with E-state index in [2.05, 4.69) is 15.9 Å². The Hall–Kier alpha value is -0.920. The zero-order chi connectivity index (χ0) is 14.8. The zero-order valence-corrected chi connectivity index (χ0v) is 13.5. The molecule has 7 heteroatoms. The lowest BCUT2D eigenvalue weighted by atomic mass is 10.2. The number of nitrogens with zero attached hydrogens (tertiary/aromatic N) is 1. The molecule has 0 aliphatic carbocycles. The van der Waals surface area contributed by atoms with Crippen LogP contribution >= 0.6 is 15.9 Å². The average molecular weight is 362 g/mol. The number of carbonyl (C=O) groups excluding carboxylic acids is 1. The number of sulfonamides is 1. The highest BCUT2D eigenvalue weighted by Gasteiger charge is 2.40. The highest BCUT2D eigenvalue weighted by Crippen LogP contribution is 2.30. The van der Waals surface area contributed by atoms with E-state index < -0.39 is 22.0 Å². The standard InChI is InChI=1S/C13H16BrNO4S/c1-2-19-13(16)11-7-5-9-15(11)20(17,18)12-8-4-3-6-10(12)14/h3-4,6,8,11H,2,5,7,9H2,1H3. The van der Waals surface area contributed by atoms with Crippen molar-refractivity contribution in [3.63, 3.8) is 0 Å². The van der Waals surface area contributed by atoms with E-state index in [1.807, 2.05) is 0 Å². The van der Waals surface area contributed by atoms with Crippen molar-refractivity contribution in [1.82, 2.24) is 4.31 Å². The van der Waals surface area contributed by atoms with Crippen molar-refractivity contribution in [2.45, 2.75) is 30.7 Å². The number of esters is 1. The number of hydrogen-bond acceptors (Lipinski definition) is 4. The Kier molecular flexibility index (Phi) is 4.82. The van der Waals surface area contributed by atoms with Gasteiger partial charge in [-0.05, 0) is 47.8 Å². The Morgan fingerprint density at radius 3 is 2.80 bits per heavy atom. The quantitative estimate of drug-likeness (QED) is 0.770. The van der Waals surface area contributed by atoms with Crippen LogP contribution in [0.2, 0.25) is 0 Å². The third kappa shape index (κ3) is 2.89. The molecule has 110 valence electrons. The maximum absolute atomic E-state index is 12.7.